The topological polar surface area (TPSA) is 35.5 Å². The number of halogens is 1. The van der Waals surface area contributed by atoms with Crippen LogP contribution in [0.2, 0.25) is 0 Å². The lowest BCUT2D eigenvalue weighted by molar-refractivity contribution is -0.260. The second kappa shape index (κ2) is 6.32. The van der Waals surface area contributed by atoms with Gasteiger partial charge in [0.05, 0.1) is 0 Å². The molecule has 0 aliphatic rings. The Kier molecular flexibility index (Phi) is 5.82. The molecule has 0 aromatic carbocycles. The molecule has 0 spiro atoms. The van der Waals surface area contributed by atoms with Crippen LogP contribution < -0.4 is 0 Å². The van der Waals surface area contributed by atoms with E-state index in [0.717, 1.165) is 6.08 Å². The summed E-state index contributed by atoms with van der Waals surface area (Å²) in [6.45, 7) is 3.30. The molecule has 56 valence electrons. The molecule has 0 unspecified atom stereocenters. The first kappa shape index (κ1) is 9.20. The lowest BCUT2D eigenvalue weighted by atomic mass is 10.7. The van der Waals surface area contributed by atoms with Crippen molar-refractivity contribution in [3.8, 4) is 0 Å². The second-order valence-corrected chi connectivity index (χ2v) is 1.50. The fourth-order valence-corrected chi connectivity index (χ4v) is 0.275. The number of carbonyl (C=O) groups is 1. The predicted octanol–water partition coefficient (Wildman–Crippen LogP) is 1.40. The van der Waals surface area contributed by atoms with E-state index in [9.17, 15) is 4.79 Å². The molecule has 0 rings (SSSR count). The van der Waals surface area contributed by atoms with Gasteiger partial charge in [0.15, 0.2) is 0 Å². The Labute approximate surface area is 63.8 Å². The summed E-state index contributed by atoms with van der Waals surface area (Å²) < 4.78 is 0. The van der Waals surface area contributed by atoms with Crippen LogP contribution in [0.5, 0.6) is 0 Å². The average molecular weight is 163 g/mol. The number of hydrogen-bond acceptors (Lipinski definition) is 3. The van der Waals surface area contributed by atoms with Gasteiger partial charge in [0.2, 0.25) is 0 Å². The summed E-state index contributed by atoms with van der Waals surface area (Å²) in [4.78, 5) is 18.7. The van der Waals surface area contributed by atoms with Crippen LogP contribution in [0.25, 0.3) is 0 Å². The normalized spacial score (nSPS) is 9.70. The summed E-state index contributed by atoms with van der Waals surface area (Å²) in [6, 6.07) is 0. The highest BCUT2D eigenvalue weighted by Crippen LogP contribution is 1.84. The highest BCUT2D eigenvalue weighted by molar-refractivity contribution is 6.25. The maximum absolute atomic E-state index is 10.3. The van der Waals surface area contributed by atoms with E-state index in [1.54, 1.807) is 0 Å². The quantitative estimate of drug-likeness (QED) is 0.271. The van der Waals surface area contributed by atoms with E-state index in [4.69, 9.17) is 11.6 Å². The number of rotatable bonds is 4. The van der Waals surface area contributed by atoms with Gasteiger partial charge in [-0.3, -0.25) is 4.89 Å². The van der Waals surface area contributed by atoms with Gasteiger partial charge in [-0.25, -0.2) is 4.79 Å². The van der Waals surface area contributed by atoms with Gasteiger partial charge < -0.3 is 0 Å². The maximum Gasteiger partial charge on any atom is 0.365 e. The zero-order valence-corrected chi connectivity index (χ0v) is 6.00. The fraction of sp³-hybridized carbons (Fsp3) is 0.167. The molecule has 3 nitrogen and oxygen atoms in total. The smallest absolute Gasteiger partial charge is 0.293 e. The predicted molar refractivity (Wildman–Crippen MR) is 37.2 cm³/mol. The highest BCUT2D eigenvalue weighted by Gasteiger charge is 1.92. The highest BCUT2D eigenvalue weighted by atomic mass is 35.5. The lowest BCUT2D eigenvalue weighted by Crippen LogP contribution is -2.00. The first-order valence-electron chi connectivity index (χ1n) is 2.52. The third kappa shape index (κ3) is 5.34. The minimum Gasteiger partial charge on any atom is -0.293 e. The van der Waals surface area contributed by atoms with Crippen LogP contribution >= 0.6 is 11.6 Å². The number of carbonyl (C=O) groups excluding carboxylic acids is 1. The summed E-state index contributed by atoms with van der Waals surface area (Å²) in [6.07, 6.45) is 2.49. The van der Waals surface area contributed by atoms with E-state index in [-0.39, 0.29) is 6.61 Å². The van der Waals surface area contributed by atoms with Crippen molar-refractivity contribution in [3.63, 3.8) is 0 Å². The van der Waals surface area contributed by atoms with E-state index in [1.807, 2.05) is 0 Å². The van der Waals surface area contributed by atoms with Gasteiger partial charge in [-0.05, 0) is 6.08 Å². The van der Waals surface area contributed by atoms with Crippen molar-refractivity contribution in [2.45, 2.75) is 0 Å². The van der Waals surface area contributed by atoms with Crippen LogP contribution in [0.4, 0.5) is 0 Å². The first-order valence-corrected chi connectivity index (χ1v) is 2.96. The van der Waals surface area contributed by atoms with Gasteiger partial charge in [0.25, 0.3) is 0 Å². The van der Waals surface area contributed by atoms with Crippen LogP contribution in [0, 0.1) is 0 Å². The molecule has 0 saturated heterocycles. The Balaban J connectivity index is 3.19. The summed E-state index contributed by atoms with van der Waals surface area (Å²) >= 11 is 5.13. The molecular weight excluding hydrogens is 156 g/mol. The second-order valence-electron chi connectivity index (χ2n) is 1.25. The van der Waals surface area contributed by atoms with Crippen LogP contribution in [0.3, 0.4) is 0 Å². The molecule has 0 atom stereocenters. The van der Waals surface area contributed by atoms with Gasteiger partial charge in [0, 0.05) is 11.6 Å². The van der Waals surface area contributed by atoms with Crippen LogP contribution in [0.15, 0.2) is 24.3 Å². The Morgan fingerprint density at radius 1 is 1.70 bits per heavy atom. The van der Waals surface area contributed by atoms with Gasteiger partial charge in [-0.15, -0.1) is 0 Å². The maximum atomic E-state index is 10.3. The largest absolute Gasteiger partial charge is 0.365 e. The summed E-state index contributed by atoms with van der Waals surface area (Å²) in [5, 5.41) is 0. The Hall–Kier alpha value is -0.800. The van der Waals surface area contributed by atoms with Gasteiger partial charge >= 0.3 is 5.97 Å². The van der Waals surface area contributed by atoms with Crippen molar-refractivity contribution in [2.75, 3.05) is 6.61 Å². The van der Waals surface area contributed by atoms with Crippen molar-refractivity contribution >= 4 is 17.6 Å². The van der Waals surface area contributed by atoms with E-state index in [1.165, 1.54) is 11.6 Å². The summed E-state index contributed by atoms with van der Waals surface area (Å²) in [5.74, 6) is -0.622. The minimum absolute atomic E-state index is 0.142. The van der Waals surface area contributed by atoms with Crippen molar-refractivity contribution < 1.29 is 14.6 Å². The van der Waals surface area contributed by atoms with Crippen LogP contribution in [-0.2, 0) is 14.6 Å². The summed E-state index contributed by atoms with van der Waals surface area (Å²) in [5.41, 5.74) is 1.27. The molecule has 0 bridgehead atoms. The molecule has 10 heavy (non-hydrogen) atoms. The monoisotopic (exact) mass is 162 g/mol. The van der Waals surface area contributed by atoms with E-state index in [2.05, 4.69) is 16.4 Å². The fourth-order valence-electron chi connectivity index (χ4n) is 0.202. The molecule has 0 fully saturated rings. The standard InChI is InChI=1S/C6H7ClO3/c1-2-6(8)10-9-5-3-4-7/h2-4H,1,5H2. The molecule has 0 saturated carbocycles. The van der Waals surface area contributed by atoms with Crippen LogP contribution in [-0.4, -0.2) is 12.6 Å². The van der Waals surface area contributed by atoms with Crippen molar-refractivity contribution in [2.24, 2.45) is 0 Å². The first-order chi connectivity index (χ1) is 4.81. The van der Waals surface area contributed by atoms with E-state index >= 15 is 0 Å². The van der Waals surface area contributed by atoms with Gasteiger partial charge in [-0.2, -0.15) is 4.89 Å². The van der Waals surface area contributed by atoms with E-state index < -0.39 is 5.97 Å². The lowest BCUT2D eigenvalue weighted by Gasteiger charge is -1.94. The Bertz CT molecular complexity index is 142. The Morgan fingerprint density at radius 3 is 2.90 bits per heavy atom. The average Bonchev–Trinajstić information content (AvgIpc) is 1.98. The molecule has 0 heterocycles. The van der Waals surface area contributed by atoms with E-state index in [0.29, 0.717) is 0 Å². The molecule has 0 radical (unpaired) electrons. The van der Waals surface area contributed by atoms with Crippen LogP contribution in [0.1, 0.15) is 0 Å². The molecule has 0 aliphatic heterocycles. The molecule has 0 aromatic rings. The van der Waals surface area contributed by atoms with Gasteiger partial charge in [0.1, 0.15) is 6.61 Å². The number of hydrogen-bond donors (Lipinski definition) is 0. The van der Waals surface area contributed by atoms with Crippen molar-refractivity contribution in [1.82, 2.24) is 0 Å². The molecule has 4 heteroatoms. The summed E-state index contributed by atoms with van der Waals surface area (Å²) in [7, 11) is 0. The molecule has 0 amide bonds. The SMILES string of the molecule is C=CC(=O)OOCC=CCl. The van der Waals surface area contributed by atoms with Gasteiger partial charge in [-0.1, -0.05) is 18.2 Å². The third-order valence-electron chi connectivity index (χ3n) is 0.561. The minimum atomic E-state index is -0.622. The zero-order chi connectivity index (χ0) is 7.82. The molecule has 0 aliphatic carbocycles. The molecule has 0 aromatic heterocycles. The molecular formula is C6H7ClO3. The van der Waals surface area contributed by atoms with Crippen molar-refractivity contribution in [3.05, 3.63) is 24.3 Å². The molecule has 0 N–H and O–H groups in total. The Morgan fingerprint density at radius 2 is 2.40 bits per heavy atom. The third-order valence-corrected chi connectivity index (χ3v) is 0.739. The zero-order valence-electron chi connectivity index (χ0n) is 5.25. The van der Waals surface area contributed by atoms with Crippen molar-refractivity contribution in [1.29, 1.82) is 0 Å².